The van der Waals surface area contributed by atoms with Crippen molar-refractivity contribution in [2.24, 2.45) is 0 Å². The van der Waals surface area contributed by atoms with E-state index in [4.69, 9.17) is 0 Å². The second-order valence-corrected chi connectivity index (χ2v) is 5.70. The van der Waals surface area contributed by atoms with Crippen molar-refractivity contribution in [2.45, 2.75) is 19.9 Å². The van der Waals surface area contributed by atoms with Gasteiger partial charge in [0.2, 0.25) is 0 Å². The molecule has 1 N–H and O–H groups in total. The van der Waals surface area contributed by atoms with Gasteiger partial charge in [0.15, 0.2) is 0 Å². The lowest BCUT2D eigenvalue weighted by Gasteiger charge is -2.22. The molecule has 2 aromatic rings. The Kier molecular flexibility index (Phi) is 4.55. The van der Waals surface area contributed by atoms with Gasteiger partial charge < -0.3 is 5.32 Å². The van der Waals surface area contributed by atoms with Crippen LogP contribution in [0.3, 0.4) is 0 Å². The van der Waals surface area contributed by atoms with Crippen molar-refractivity contribution < 1.29 is 8.78 Å². The molecule has 1 unspecified atom stereocenters. The molecule has 1 nitrogen and oxygen atoms in total. The molecule has 106 valence electrons. The molecule has 2 rings (SSSR count). The van der Waals surface area contributed by atoms with Crippen molar-refractivity contribution in [1.29, 1.82) is 0 Å². The van der Waals surface area contributed by atoms with E-state index in [9.17, 15) is 8.78 Å². The Hall–Kier alpha value is -1.26. The maximum absolute atomic E-state index is 13.4. The zero-order valence-electron chi connectivity index (χ0n) is 11.6. The molecule has 0 heterocycles. The molecule has 4 heteroatoms. The molecule has 0 amide bonds. The van der Waals surface area contributed by atoms with E-state index < -0.39 is 0 Å². The molecule has 0 aliphatic heterocycles. The molecule has 0 bridgehead atoms. The van der Waals surface area contributed by atoms with Gasteiger partial charge in [-0.1, -0.05) is 6.07 Å². The molecule has 0 saturated heterocycles. The highest BCUT2D eigenvalue weighted by Gasteiger charge is 2.18. The minimum Gasteiger partial charge on any atom is -0.309 e. The van der Waals surface area contributed by atoms with Crippen molar-refractivity contribution in [2.75, 3.05) is 7.05 Å². The van der Waals surface area contributed by atoms with E-state index in [1.807, 2.05) is 20.9 Å². The summed E-state index contributed by atoms with van der Waals surface area (Å²) in [6.45, 7) is 3.77. The highest BCUT2D eigenvalue weighted by atomic mass is 79.9. The third-order valence-electron chi connectivity index (χ3n) is 3.41. The largest absolute Gasteiger partial charge is 0.309 e. The number of aryl methyl sites for hydroxylation is 2. The van der Waals surface area contributed by atoms with Gasteiger partial charge in [-0.2, -0.15) is 0 Å². The van der Waals surface area contributed by atoms with Crippen LogP contribution in [0.1, 0.15) is 28.3 Å². The summed E-state index contributed by atoms with van der Waals surface area (Å²) in [6, 6.07) is 7.85. The van der Waals surface area contributed by atoms with E-state index in [1.165, 1.54) is 18.2 Å². The first-order chi connectivity index (χ1) is 9.43. The summed E-state index contributed by atoms with van der Waals surface area (Å²) >= 11 is 3.20. The van der Waals surface area contributed by atoms with Gasteiger partial charge in [0.05, 0.1) is 10.5 Å². The van der Waals surface area contributed by atoms with E-state index in [-0.39, 0.29) is 17.7 Å². The van der Waals surface area contributed by atoms with Gasteiger partial charge in [-0.25, -0.2) is 8.78 Å². The van der Waals surface area contributed by atoms with Crippen LogP contribution in [0.5, 0.6) is 0 Å². The third kappa shape index (κ3) is 2.91. The van der Waals surface area contributed by atoms with Crippen LogP contribution in [0.15, 0.2) is 34.8 Å². The Balaban J connectivity index is 2.55. The van der Waals surface area contributed by atoms with Crippen LogP contribution in [0, 0.1) is 25.5 Å². The van der Waals surface area contributed by atoms with Crippen LogP contribution < -0.4 is 5.32 Å². The summed E-state index contributed by atoms with van der Waals surface area (Å²) in [7, 11) is 1.84. The average molecular weight is 340 g/mol. The predicted octanol–water partition coefficient (Wildman–Crippen LogP) is 4.65. The van der Waals surface area contributed by atoms with Crippen molar-refractivity contribution in [1.82, 2.24) is 5.32 Å². The summed E-state index contributed by atoms with van der Waals surface area (Å²) in [5.41, 5.74) is 3.70. The predicted molar refractivity (Wildman–Crippen MR) is 80.9 cm³/mol. The second-order valence-electron chi connectivity index (χ2n) is 4.85. The highest BCUT2D eigenvalue weighted by Crippen LogP contribution is 2.30. The van der Waals surface area contributed by atoms with E-state index in [2.05, 4.69) is 21.2 Å². The Morgan fingerprint density at radius 1 is 1.05 bits per heavy atom. The summed E-state index contributed by atoms with van der Waals surface area (Å²) in [6.07, 6.45) is 0. The van der Waals surface area contributed by atoms with Crippen molar-refractivity contribution >= 4 is 15.9 Å². The maximum atomic E-state index is 13.4. The Morgan fingerprint density at radius 2 is 1.65 bits per heavy atom. The lowest BCUT2D eigenvalue weighted by atomic mass is 9.91. The van der Waals surface area contributed by atoms with E-state index in [0.717, 1.165) is 22.3 Å². The topological polar surface area (TPSA) is 12.0 Å². The number of rotatable bonds is 3. The number of halogens is 3. The number of hydrogen-bond acceptors (Lipinski definition) is 1. The second kappa shape index (κ2) is 6.02. The third-order valence-corrected chi connectivity index (χ3v) is 4.02. The summed E-state index contributed by atoms with van der Waals surface area (Å²) < 4.78 is 27.2. The summed E-state index contributed by atoms with van der Waals surface area (Å²) in [5.74, 6) is -0.532. The van der Waals surface area contributed by atoms with Crippen LogP contribution in [0.2, 0.25) is 0 Å². The molecule has 1 atom stereocenters. The Bertz CT molecular complexity index is 617. The molecule has 0 aliphatic rings. The monoisotopic (exact) mass is 339 g/mol. The molecular weight excluding hydrogens is 324 g/mol. The van der Waals surface area contributed by atoms with Crippen LogP contribution in [-0.4, -0.2) is 7.05 Å². The molecule has 0 saturated carbocycles. The van der Waals surface area contributed by atoms with E-state index >= 15 is 0 Å². The fourth-order valence-electron chi connectivity index (χ4n) is 2.55. The van der Waals surface area contributed by atoms with E-state index in [0.29, 0.717) is 4.47 Å². The lowest BCUT2D eigenvalue weighted by Crippen LogP contribution is -2.20. The Morgan fingerprint density at radius 3 is 2.15 bits per heavy atom. The fraction of sp³-hybridized carbons (Fsp3) is 0.250. The minimum atomic E-state index is -0.295. The van der Waals surface area contributed by atoms with Crippen molar-refractivity contribution in [3.8, 4) is 0 Å². The maximum Gasteiger partial charge on any atom is 0.137 e. The zero-order chi connectivity index (χ0) is 14.9. The van der Waals surface area contributed by atoms with Crippen LogP contribution in [0.25, 0.3) is 0 Å². The van der Waals surface area contributed by atoms with Crippen molar-refractivity contribution in [3.05, 3.63) is 68.7 Å². The molecule has 2 aromatic carbocycles. The standard InChI is InChI=1S/C16H16BrF2N/c1-9-6-12(18)7-10(2)15(9)16(20-3)11-4-5-14(19)13(17)8-11/h4-8,16,20H,1-3H3. The van der Waals surface area contributed by atoms with Crippen LogP contribution in [0.4, 0.5) is 8.78 Å². The molecule has 20 heavy (non-hydrogen) atoms. The smallest absolute Gasteiger partial charge is 0.137 e. The van der Waals surface area contributed by atoms with Gasteiger partial charge in [0, 0.05) is 0 Å². The molecule has 0 radical (unpaired) electrons. The number of benzene rings is 2. The molecule has 0 spiro atoms. The van der Waals surface area contributed by atoms with Gasteiger partial charge >= 0.3 is 0 Å². The van der Waals surface area contributed by atoms with Gasteiger partial charge in [-0.3, -0.25) is 0 Å². The minimum absolute atomic E-state index is 0.104. The summed E-state index contributed by atoms with van der Waals surface area (Å²) in [4.78, 5) is 0. The number of nitrogens with one attached hydrogen (secondary N) is 1. The molecular formula is C16H16BrF2N. The summed E-state index contributed by atoms with van der Waals surface area (Å²) in [5, 5.41) is 3.22. The van der Waals surface area contributed by atoms with Gasteiger partial charge in [0.1, 0.15) is 11.6 Å². The SMILES string of the molecule is CNC(c1ccc(F)c(Br)c1)c1c(C)cc(F)cc1C. The van der Waals surface area contributed by atoms with Crippen LogP contribution in [-0.2, 0) is 0 Å². The molecule has 0 fully saturated rings. The first-order valence-electron chi connectivity index (χ1n) is 6.33. The van der Waals surface area contributed by atoms with Gasteiger partial charge in [0.25, 0.3) is 0 Å². The molecule has 0 aliphatic carbocycles. The quantitative estimate of drug-likeness (QED) is 0.857. The fourth-order valence-corrected chi connectivity index (χ4v) is 2.94. The normalized spacial score (nSPS) is 12.5. The average Bonchev–Trinajstić information content (AvgIpc) is 2.37. The zero-order valence-corrected chi connectivity index (χ0v) is 13.2. The number of hydrogen-bond donors (Lipinski definition) is 1. The lowest BCUT2D eigenvalue weighted by molar-refractivity contribution is 0.612. The van der Waals surface area contributed by atoms with E-state index in [1.54, 1.807) is 12.1 Å². The Labute approximate surface area is 126 Å². The first-order valence-corrected chi connectivity index (χ1v) is 7.12. The molecule has 0 aromatic heterocycles. The highest BCUT2D eigenvalue weighted by molar-refractivity contribution is 9.10. The van der Waals surface area contributed by atoms with Gasteiger partial charge in [-0.05, 0) is 83.3 Å². The van der Waals surface area contributed by atoms with Gasteiger partial charge in [-0.15, -0.1) is 0 Å². The first kappa shape index (κ1) is 15.1. The van der Waals surface area contributed by atoms with Crippen molar-refractivity contribution in [3.63, 3.8) is 0 Å². The van der Waals surface area contributed by atoms with Crippen LogP contribution >= 0.6 is 15.9 Å².